The summed E-state index contributed by atoms with van der Waals surface area (Å²) in [5.74, 6) is 0.443. The minimum absolute atomic E-state index is 0.245. The molecule has 1 nitrogen and oxygen atoms in total. The lowest BCUT2D eigenvalue weighted by Gasteiger charge is -2.60. The second-order valence-electron chi connectivity index (χ2n) is 6.63. The van der Waals surface area contributed by atoms with E-state index in [0.29, 0.717) is 11.2 Å². The highest BCUT2D eigenvalue weighted by atomic mass is 16.1. The fourth-order valence-electron chi connectivity index (χ4n) is 4.83. The molecule has 2 unspecified atom stereocenters. The molecular weight excluding hydrogens is 184 g/mol. The summed E-state index contributed by atoms with van der Waals surface area (Å²) in [4.78, 5) is 12.0. The quantitative estimate of drug-likeness (QED) is 0.590. The normalized spacial score (nSPS) is 46.6. The lowest BCUT2D eigenvalue weighted by Crippen LogP contribution is -2.53. The van der Waals surface area contributed by atoms with Gasteiger partial charge in [-0.3, -0.25) is 4.79 Å². The number of hydrogen-bond donors (Lipinski definition) is 0. The second-order valence-corrected chi connectivity index (χ2v) is 6.63. The van der Waals surface area contributed by atoms with Crippen LogP contribution < -0.4 is 0 Å². The van der Waals surface area contributed by atoms with Gasteiger partial charge in [0.25, 0.3) is 0 Å². The maximum Gasteiger partial charge on any atom is 0.159 e. The van der Waals surface area contributed by atoms with Crippen LogP contribution in [-0.2, 0) is 4.79 Å². The molecule has 0 amide bonds. The molecule has 2 saturated carbocycles. The van der Waals surface area contributed by atoms with Gasteiger partial charge in [-0.1, -0.05) is 33.3 Å². The molecule has 15 heavy (non-hydrogen) atoms. The second kappa shape index (κ2) is 2.39. The summed E-state index contributed by atoms with van der Waals surface area (Å²) >= 11 is 0. The van der Waals surface area contributed by atoms with Crippen molar-refractivity contribution in [1.29, 1.82) is 0 Å². The molecule has 2 fully saturated rings. The van der Waals surface area contributed by atoms with E-state index in [1.165, 1.54) is 24.8 Å². The Morgan fingerprint density at radius 3 is 2.47 bits per heavy atom. The van der Waals surface area contributed by atoms with Gasteiger partial charge in [0, 0.05) is 11.8 Å². The number of allylic oxidation sites excluding steroid dienone is 2. The van der Waals surface area contributed by atoms with Gasteiger partial charge < -0.3 is 0 Å². The van der Waals surface area contributed by atoms with Gasteiger partial charge >= 0.3 is 0 Å². The Hall–Kier alpha value is -0.590. The highest BCUT2D eigenvalue weighted by Crippen LogP contribution is 2.73. The molecule has 3 aliphatic carbocycles. The van der Waals surface area contributed by atoms with E-state index in [9.17, 15) is 4.79 Å². The zero-order chi connectivity index (χ0) is 10.9. The maximum absolute atomic E-state index is 12.0. The summed E-state index contributed by atoms with van der Waals surface area (Å²) < 4.78 is 0. The van der Waals surface area contributed by atoms with Gasteiger partial charge in [-0.15, -0.1) is 0 Å². The molecule has 0 N–H and O–H groups in total. The number of ketones is 1. The molecule has 0 aromatic rings. The summed E-state index contributed by atoms with van der Waals surface area (Å²) in [5, 5.41) is 0. The van der Waals surface area contributed by atoms with E-state index in [4.69, 9.17) is 0 Å². The Balaban J connectivity index is 2.19. The first-order valence-electron chi connectivity index (χ1n) is 6.17. The van der Waals surface area contributed by atoms with Crippen molar-refractivity contribution in [2.45, 2.75) is 52.9 Å². The lowest BCUT2D eigenvalue weighted by atomic mass is 9.42. The van der Waals surface area contributed by atoms with Crippen LogP contribution in [0.5, 0.6) is 0 Å². The third kappa shape index (κ3) is 0.811. The predicted molar refractivity (Wildman–Crippen MR) is 60.5 cm³/mol. The molecule has 1 spiro atoms. The Bertz CT molecular complexity index is 377. The van der Waals surface area contributed by atoms with Crippen LogP contribution in [0, 0.1) is 16.2 Å². The zero-order valence-electron chi connectivity index (χ0n) is 10.0. The summed E-state index contributed by atoms with van der Waals surface area (Å²) in [7, 11) is 0. The molecule has 3 rings (SSSR count). The SMILES string of the molecule is CC1(C)CCCC2(C)CC(=O)C3=CCC312. The molecule has 0 aromatic carbocycles. The van der Waals surface area contributed by atoms with Gasteiger partial charge in [0.05, 0.1) is 0 Å². The van der Waals surface area contributed by atoms with Crippen molar-refractivity contribution in [3.63, 3.8) is 0 Å². The first-order valence-corrected chi connectivity index (χ1v) is 6.17. The molecule has 1 heteroatoms. The first-order chi connectivity index (χ1) is 6.93. The maximum atomic E-state index is 12.0. The minimum Gasteiger partial charge on any atom is -0.295 e. The summed E-state index contributed by atoms with van der Waals surface area (Å²) in [6.07, 6.45) is 7.99. The summed E-state index contributed by atoms with van der Waals surface area (Å²) in [6.45, 7) is 7.10. The monoisotopic (exact) mass is 204 g/mol. The largest absolute Gasteiger partial charge is 0.295 e. The van der Waals surface area contributed by atoms with Gasteiger partial charge in [0.15, 0.2) is 5.78 Å². The van der Waals surface area contributed by atoms with E-state index in [0.717, 1.165) is 12.8 Å². The molecule has 2 atom stereocenters. The van der Waals surface area contributed by atoms with Gasteiger partial charge in [-0.25, -0.2) is 0 Å². The van der Waals surface area contributed by atoms with Crippen molar-refractivity contribution in [2.24, 2.45) is 16.2 Å². The molecule has 82 valence electrons. The number of carbonyl (C=O) groups is 1. The predicted octanol–water partition coefficient (Wildman–Crippen LogP) is 3.49. The smallest absolute Gasteiger partial charge is 0.159 e. The molecule has 0 aliphatic heterocycles. The van der Waals surface area contributed by atoms with Crippen LogP contribution in [0.1, 0.15) is 52.9 Å². The van der Waals surface area contributed by atoms with Crippen molar-refractivity contribution in [3.8, 4) is 0 Å². The first kappa shape index (κ1) is 9.62. The number of carbonyl (C=O) groups excluding carboxylic acids is 1. The van der Waals surface area contributed by atoms with Crippen molar-refractivity contribution >= 4 is 5.78 Å². The topological polar surface area (TPSA) is 17.1 Å². The van der Waals surface area contributed by atoms with Crippen LogP contribution in [0.25, 0.3) is 0 Å². The Morgan fingerprint density at radius 1 is 1.20 bits per heavy atom. The third-order valence-electron chi connectivity index (χ3n) is 5.64. The molecule has 0 saturated heterocycles. The molecule has 0 bridgehead atoms. The highest BCUT2D eigenvalue weighted by molar-refractivity contribution is 6.02. The van der Waals surface area contributed by atoms with Gasteiger partial charge in [-0.05, 0) is 35.7 Å². The third-order valence-corrected chi connectivity index (χ3v) is 5.64. The summed E-state index contributed by atoms with van der Waals surface area (Å²) in [6, 6.07) is 0. The van der Waals surface area contributed by atoms with E-state index < -0.39 is 0 Å². The van der Waals surface area contributed by atoms with Gasteiger partial charge in [-0.2, -0.15) is 0 Å². The molecule has 0 radical (unpaired) electrons. The van der Waals surface area contributed by atoms with E-state index in [1.807, 2.05) is 0 Å². The van der Waals surface area contributed by atoms with E-state index >= 15 is 0 Å². The van der Waals surface area contributed by atoms with Gasteiger partial charge in [0.2, 0.25) is 0 Å². The van der Waals surface area contributed by atoms with E-state index in [1.54, 1.807) is 0 Å². The van der Waals surface area contributed by atoms with Crippen LogP contribution in [-0.4, -0.2) is 5.78 Å². The van der Waals surface area contributed by atoms with Crippen LogP contribution in [0.3, 0.4) is 0 Å². The molecular formula is C14H20O. The standard InChI is InChI=1S/C14H20O/c1-12(2)6-4-7-13(3)9-11(15)10-5-8-14(10,12)13/h5H,4,6-9H2,1-3H3. The molecule has 0 heterocycles. The van der Waals surface area contributed by atoms with Crippen molar-refractivity contribution < 1.29 is 4.79 Å². The van der Waals surface area contributed by atoms with E-state index in [-0.39, 0.29) is 10.8 Å². The Labute approximate surface area is 91.9 Å². The highest BCUT2D eigenvalue weighted by Gasteiger charge is 2.68. The number of rotatable bonds is 0. The fraction of sp³-hybridized carbons (Fsp3) is 0.786. The Kier molecular flexibility index (Phi) is 1.53. The lowest BCUT2D eigenvalue weighted by molar-refractivity contribution is -0.115. The molecule has 3 aliphatic rings. The summed E-state index contributed by atoms with van der Waals surface area (Å²) in [5.41, 5.74) is 2.04. The zero-order valence-corrected chi connectivity index (χ0v) is 10.0. The molecule has 0 aromatic heterocycles. The fourth-order valence-corrected chi connectivity index (χ4v) is 4.83. The number of Topliss-reactive ketones (excluding diaryl/α,β-unsaturated/α-hetero) is 1. The van der Waals surface area contributed by atoms with Crippen molar-refractivity contribution in [3.05, 3.63) is 11.6 Å². The van der Waals surface area contributed by atoms with Crippen LogP contribution >= 0.6 is 0 Å². The average molecular weight is 204 g/mol. The average Bonchev–Trinajstić information content (AvgIpc) is 2.12. The van der Waals surface area contributed by atoms with E-state index in [2.05, 4.69) is 26.8 Å². The van der Waals surface area contributed by atoms with Gasteiger partial charge in [0.1, 0.15) is 0 Å². The van der Waals surface area contributed by atoms with Crippen LogP contribution in [0.2, 0.25) is 0 Å². The van der Waals surface area contributed by atoms with Crippen molar-refractivity contribution in [2.75, 3.05) is 0 Å². The Morgan fingerprint density at radius 2 is 1.93 bits per heavy atom. The van der Waals surface area contributed by atoms with Crippen LogP contribution in [0.4, 0.5) is 0 Å². The number of hydrogen-bond acceptors (Lipinski definition) is 1. The minimum atomic E-state index is 0.245. The van der Waals surface area contributed by atoms with Crippen LogP contribution in [0.15, 0.2) is 11.6 Å². The van der Waals surface area contributed by atoms with Crippen molar-refractivity contribution in [1.82, 2.24) is 0 Å².